The van der Waals surface area contributed by atoms with Crippen molar-refractivity contribution in [3.8, 4) is 6.07 Å². The Kier molecular flexibility index (Phi) is 4.35. The number of nitrogens with zero attached hydrogens (tertiary/aromatic N) is 4. The smallest absolute Gasteiger partial charge is 0.140 e. The number of aliphatic hydroxyl groups is 1. The predicted octanol–water partition coefficient (Wildman–Crippen LogP) is 0.845. The lowest BCUT2D eigenvalue weighted by Gasteiger charge is -2.41. The second-order valence-corrected chi connectivity index (χ2v) is 5.16. The molecular weight excluding hydrogens is 240 g/mol. The van der Waals surface area contributed by atoms with Gasteiger partial charge in [0, 0.05) is 32.2 Å². The van der Waals surface area contributed by atoms with Crippen molar-refractivity contribution in [2.75, 3.05) is 31.1 Å². The van der Waals surface area contributed by atoms with Gasteiger partial charge in [-0.15, -0.1) is 0 Å². The summed E-state index contributed by atoms with van der Waals surface area (Å²) in [5.74, 6) is 0. The normalized spacial score (nSPS) is 22.0. The van der Waals surface area contributed by atoms with Crippen LogP contribution in [0, 0.1) is 11.3 Å². The van der Waals surface area contributed by atoms with Crippen molar-refractivity contribution < 1.29 is 5.11 Å². The lowest BCUT2D eigenvalue weighted by molar-refractivity contribution is 0.115. The van der Waals surface area contributed by atoms with Gasteiger partial charge >= 0.3 is 0 Å². The molecule has 1 aliphatic heterocycles. The molecule has 1 aliphatic rings. The van der Waals surface area contributed by atoms with Gasteiger partial charge in [0.2, 0.25) is 0 Å². The molecule has 2 atom stereocenters. The fourth-order valence-electron chi connectivity index (χ4n) is 2.58. The number of hydrogen-bond acceptors (Lipinski definition) is 5. The average Bonchev–Trinajstić information content (AvgIpc) is 2.38. The predicted molar refractivity (Wildman–Crippen MR) is 73.9 cm³/mol. The number of anilines is 1. The zero-order valence-electron chi connectivity index (χ0n) is 11.5. The van der Waals surface area contributed by atoms with Crippen LogP contribution in [0.1, 0.15) is 19.5 Å². The quantitative estimate of drug-likeness (QED) is 0.872. The van der Waals surface area contributed by atoms with Crippen LogP contribution in [0.3, 0.4) is 0 Å². The summed E-state index contributed by atoms with van der Waals surface area (Å²) in [5.41, 5.74) is 1.51. The van der Waals surface area contributed by atoms with Gasteiger partial charge in [-0.3, -0.25) is 4.90 Å². The summed E-state index contributed by atoms with van der Waals surface area (Å²) < 4.78 is 0. The Morgan fingerprint density at radius 2 is 2.32 bits per heavy atom. The zero-order valence-corrected chi connectivity index (χ0v) is 11.5. The molecule has 1 aromatic heterocycles. The number of hydrogen-bond donors (Lipinski definition) is 1. The van der Waals surface area contributed by atoms with Crippen molar-refractivity contribution in [2.24, 2.45) is 0 Å². The van der Waals surface area contributed by atoms with Crippen molar-refractivity contribution >= 4 is 5.69 Å². The van der Waals surface area contributed by atoms with Crippen molar-refractivity contribution in [1.82, 2.24) is 9.88 Å². The number of aromatic nitrogens is 1. The van der Waals surface area contributed by atoms with E-state index in [2.05, 4.69) is 21.7 Å². The summed E-state index contributed by atoms with van der Waals surface area (Å²) in [7, 11) is 0. The third-order valence-corrected chi connectivity index (χ3v) is 3.43. The molecule has 5 heteroatoms. The van der Waals surface area contributed by atoms with Gasteiger partial charge in [-0.25, -0.2) is 4.98 Å². The Balaban J connectivity index is 2.01. The lowest BCUT2D eigenvalue weighted by Crippen LogP contribution is -2.53. The minimum absolute atomic E-state index is 0.282. The van der Waals surface area contributed by atoms with E-state index in [9.17, 15) is 5.11 Å². The maximum absolute atomic E-state index is 9.44. The molecule has 0 aliphatic carbocycles. The second kappa shape index (κ2) is 6.00. The molecule has 19 heavy (non-hydrogen) atoms. The molecule has 0 bridgehead atoms. The van der Waals surface area contributed by atoms with Gasteiger partial charge in [0.25, 0.3) is 0 Å². The number of pyridine rings is 1. The minimum atomic E-state index is -0.282. The Labute approximate surface area is 114 Å². The summed E-state index contributed by atoms with van der Waals surface area (Å²) in [6.45, 7) is 7.51. The van der Waals surface area contributed by atoms with E-state index in [0.29, 0.717) is 11.7 Å². The van der Waals surface area contributed by atoms with E-state index in [4.69, 9.17) is 5.26 Å². The third kappa shape index (κ3) is 3.43. The van der Waals surface area contributed by atoms with E-state index < -0.39 is 0 Å². The minimum Gasteiger partial charge on any atom is -0.392 e. The highest BCUT2D eigenvalue weighted by Crippen LogP contribution is 2.19. The average molecular weight is 260 g/mol. The molecule has 102 valence electrons. The van der Waals surface area contributed by atoms with Crippen LogP contribution in [0.2, 0.25) is 0 Å². The van der Waals surface area contributed by atoms with E-state index in [1.165, 1.54) is 0 Å². The molecule has 0 saturated carbocycles. The van der Waals surface area contributed by atoms with Gasteiger partial charge in [-0.05, 0) is 26.0 Å². The fourth-order valence-corrected chi connectivity index (χ4v) is 2.58. The van der Waals surface area contributed by atoms with Gasteiger partial charge in [-0.2, -0.15) is 5.26 Å². The summed E-state index contributed by atoms with van der Waals surface area (Å²) >= 11 is 0. The van der Waals surface area contributed by atoms with E-state index in [0.717, 1.165) is 31.9 Å². The first-order chi connectivity index (χ1) is 9.10. The van der Waals surface area contributed by atoms with Gasteiger partial charge < -0.3 is 10.0 Å². The van der Waals surface area contributed by atoms with Gasteiger partial charge in [-0.1, -0.05) is 0 Å². The van der Waals surface area contributed by atoms with Crippen LogP contribution in [0.15, 0.2) is 18.3 Å². The first-order valence-electron chi connectivity index (χ1n) is 6.63. The number of aliphatic hydroxyl groups excluding tert-OH is 1. The first-order valence-corrected chi connectivity index (χ1v) is 6.63. The van der Waals surface area contributed by atoms with Gasteiger partial charge in [0.15, 0.2) is 0 Å². The van der Waals surface area contributed by atoms with Crippen LogP contribution >= 0.6 is 0 Å². The molecule has 0 aromatic carbocycles. The van der Waals surface area contributed by atoms with Crippen LogP contribution in [0.25, 0.3) is 0 Å². The number of piperazine rings is 1. The van der Waals surface area contributed by atoms with Crippen LogP contribution in [-0.2, 0) is 0 Å². The van der Waals surface area contributed by atoms with Crippen LogP contribution in [-0.4, -0.2) is 53.3 Å². The Morgan fingerprint density at radius 1 is 1.53 bits per heavy atom. The molecule has 1 fully saturated rings. The highest BCUT2D eigenvalue weighted by Gasteiger charge is 2.24. The van der Waals surface area contributed by atoms with Crippen molar-refractivity contribution in [3.63, 3.8) is 0 Å². The van der Waals surface area contributed by atoms with Crippen LogP contribution < -0.4 is 4.90 Å². The lowest BCUT2D eigenvalue weighted by atomic mass is 10.1. The van der Waals surface area contributed by atoms with Gasteiger partial charge in [0.1, 0.15) is 11.8 Å². The summed E-state index contributed by atoms with van der Waals surface area (Å²) in [5, 5.41) is 18.2. The van der Waals surface area contributed by atoms with E-state index >= 15 is 0 Å². The van der Waals surface area contributed by atoms with E-state index in [1.54, 1.807) is 12.3 Å². The first kappa shape index (κ1) is 13.8. The Hall–Kier alpha value is -1.64. The largest absolute Gasteiger partial charge is 0.392 e. The molecule has 2 rings (SSSR count). The van der Waals surface area contributed by atoms with Crippen LogP contribution in [0.5, 0.6) is 0 Å². The molecule has 2 heterocycles. The molecule has 0 spiro atoms. The standard InChI is InChI=1S/C14H20N4O/c1-11-9-17(10-12(2)19)5-6-18(11)14-4-3-13(7-15)16-8-14/h3-4,8,11-12,19H,5-6,9-10H2,1-2H3/t11-,12-/m0/s1. The maximum atomic E-state index is 9.44. The third-order valence-electron chi connectivity index (χ3n) is 3.43. The monoisotopic (exact) mass is 260 g/mol. The molecule has 1 N–H and O–H groups in total. The highest BCUT2D eigenvalue weighted by molar-refractivity contribution is 5.47. The van der Waals surface area contributed by atoms with Crippen molar-refractivity contribution in [1.29, 1.82) is 5.26 Å². The molecule has 5 nitrogen and oxygen atoms in total. The molecular formula is C14H20N4O. The van der Waals surface area contributed by atoms with Gasteiger partial charge in [0.05, 0.1) is 18.0 Å². The molecule has 0 radical (unpaired) electrons. The summed E-state index contributed by atoms with van der Waals surface area (Å²) in [4.78, 5) is 8.70. The Bertz CT molecular complexity index is 452. The van der Waals surface area contributed by atoms with Crippen molar-refractivity contribution in [2.45, 2.75) is 26.0 Å². The van der Waals surface area contributed by atoms with Crippen molar-refractivity contribution in [3.05, 3.63) is 24.0 Å². The van der Waals surface area contributed by atoms with E-state index in [1.807, 2.05) is 19.1 Å². The molecule has 0 unspecified atom stereocenters. The summed E-state index contributed by atoms with van der Waals surface area (Å²) in [6.07, 6.45) is 1.48. The summed E-state index contributed by atoms with van der Waals surface area (Å²) in [6, 6.07) is 6.11. The molecule has 1 saturated heterocycles. The highest BCUT2D eigenvalue weighted by atomic mass is 16.3. The molecule has 0 amide bonds. The topological polar surface area (TPSA) is 63.4 Å². The molecule has 1 aromatic rings. The Morgan fingerprint density at radius 3 is 2.84 bits per heavy atom. The maximum Gasteiger partial charge on any atom is 0.140 e. The number of β-amino-alcohol motifs (C(OH)–C–C–N with tert-alkyl or cyclic N) is 1. The second-order valence-electron chi connectivity index (χ2n) is 5.16. The fraction of sp³-hybridized carbons (Fsp3) is 0.571. The SMILES string of the molecule is C[C@H](O)CN1CCN(c2ccc(C#N)nc2)[C@@H](C)C1. The van der Waals surface area contributed by atoms with E-state index in [-0.39, 0.29) is 6.10 Å². The number of nitriles is 1. The zero-order chi connectivity index (χ0) is 13.8. The van der Waals surface area contributed by atoms with Crippen LogP contribution in [0.4, 0.5) is 5.69 Å². The number of rotatable bonds is 3.